The molecule has 0 saturated carbocycles. The summed E-state index contributed by atoms with van der Waals surface area (Å²) < 4.78 is 5.89. The van der Waals surface area contributed by atoms with Crippen molar-refractivity contribution in [2.45, 2.75) is 77.7 Å². The van der Waals surface area contributed by atoms with E-state index in [-0.39, 0.29) is 24.8 Å². The summed E-state index contributed by atoms with van der Waals surface area (Å²) >= 11 is 1.42. The molecule has 2 aromatic heterocycles. The number of benzene rings is 2. The van der Waals surface area contributed by atoms with Crippen LogP contribution in [0.5, 0.6) is 5.75 Å². The average molecular weight is 683 g/mol. The topological polar surface area (TPSA) is 122 Å². The Bertz CT molecular complexity index is 1690. The highest BCUT2D eigenvalue weighted by Gasteiger charge is 2.35. The van der Waals surface area contributed by atoms with E-state index in [4.69, 9.17) is 4.74 Å². The third kappa shape index (κ3) is 9.75. The van der Waals surface area contributed by atoms with E-state index in [1.165, 1.54) is 37.0 Å². The summed E-state index contributed by atoms with van der Waals surface area (Å²) in [5, 5.41) is 12.4. The van der Waals surface area contributed by atoms with Crippen molar-refractivity contribution in [2.75, 3.05) is 19.7 Å². The quantitative estimate of drug-likeness (QED) is 0.117. The van der Waals surface area contributed by atoms with Crippen LogP contribution in [0.25, 0.3) is 22.5 Å². The minimum atomic E-state index is -0.909. The Morgan fingerprint density at radius 2 is 1.61 bits per heavy atom. The second kappa shape index (κ2) is 17.2. The largest absolute Gasteiger partial charge is 0.494 e. The maximum Gasteiger partial charge on any atom is 0.308 e. The summed E-state index contributed by atoms with van der Waals surface area (Å²) in [4.78, 5) is 50.8. The lowest BCUT2D eigenvalue weighted by molar-refractivity contribution is -0.141. The van der Waals surface area contributed by atoms with E-state index in [9.17, 15) is 19.5 Å². The van der Waals surface area contributed by atoms with Gasteiger partial charge in [-0.25, -0.2) is 9.97 Å². The Morgan fingerprint density at radius 3 is 2.24 bits per heavy atom. The fraction of sp³-hybridized carbons (Fsp3) is 0.410. The molecule has 0 aliphatic carbocycles. The highest BCUT2D eigenvalue weighted by molar-refractivity contribution is 7.14. The number of thiophene rings is 1. The molecule has 2 amide bonds. The summed E-state index contributed by atoms with van der Waals surface area (Å²) in [6.45, 7) is 7.57. The van der Waals surface area contributed by atoms with Gasteiger partial charge in [-0.3, -0.25) is 14.4 Å². The summed E-state index contributed by atoms with van der Waals surface area (Å²) in [5.74, 6) is -0.363. The molecule has 4 aromatic rings. The van der Waals surface area contributed by atoms with Gasteiger partial charge in [0.15, 0.2) is 5.82 Å². The lowest BCUT2D eigenvalue weighted by atomic mass is 10.0. The first-order valence-corrected chi connectivity index (χ1v) is 18.1. The molecule has 3 heterocycles. The second-order valence-electron chi connectivity index (χ2n) is 13.0. The van der Waals surface area contributed by atoms with Crippen molar-refractivity contribution in [3.05, 3.63) is 88.4 Å². The van der Waals surface area contributed by atoms with E-state index < -0.39 is 17.9 Å². The number of nitrogens with one attached hydrogen (secondary N) is 1. The number of likely N-dealkylation sites (tertiary alicyclic amines) is 1. The average Bonchev–Trinajstić information content (AvgIpc) is 3.82. The number of ether oxygens (including phenoxy) is 1. The Morgan fingerprint density at radius 1 is 0.918 bits per heavy atom. The predicted octanol–water partition coefficient (Wildman–Crippen LogP) is 7.62. The molecule has 1 aliphatic rings. The standard InChI is InChI=1S/C39H46N4O5S/c1-4-5-6-7-8-21-48-32-15-13-28(14-16-32)31-23-40-36(41-24-31)29-11-9-27(10-12-29)22-33(38(45)43-20-19-30(25-43)39(46)47)42-37(44)35-18-17-34(49-35)26(2)3/h9-18,23-24,26,30,33H,4-8,19-22,25H2,1-3H3,(H,42,44)(H,46,47)/t30-,33-/m0/s1. The van der Waals surface area contributed by atoms with Crippen LogP contribution in [0.1, 0.15) is 85.3 Å². The molecule has 10 heteroatoms. The maximum atomic E-state index is 13.6. The molecule has 0 bridgehead atoms. The predicted molar refractivity (Wildman–Crippen MR) is 193 cm³/mol. The van der Waals surface area contributed by atoms with Gasteiger partial charge in [0.05, 0.1) is 17.4 Å². The van der Waals surface area contributed by atoms with Crippen LogP contribution >= 0.6 is 11.3 Å². The molecule has 258 valence electrons. The molecule has 2 N–H and O–H groups in total. The number of carboxylic acids is 1. The third-order valence-electron chi connectivity index (χ3n) is 8.88. The zero-order valence-electron chi connectivity index (χ0n) is 28.6. The van der Waals surface area contributed by atoms with Crippen molar-refractivity contribution in [1.82, 2.24) is 20.2 Å². The van der Waals surface area contributed by atoms with Crippen molar-refractivity contribution in [3.8, 4) is 28.3 Å². The van der Waals surface area contributed by atoms with Gasteiger partial charge in [0.2, 0.25) is 5.91 Å². The number of hydrogen-bond acceptors (Lipinski definition) is 7. The summed E-state index contributed by atoms with van der Waals surface area (Å²) in [6, 6.07) is 18.5. The number of carbonyl (C=O) groups is 3. The van der Waals surface area contributed by atoms with Crippen molar-refractivity contribution in [1.29, 1.82) is 0 Å². The van der Waals surface area contributed by atoms with Gasteiger partial charge in [0, 0.05) is 47.9 Å². The van der Waals surface area contributed by atoms with Crippen LogP contribution in [0.2, 0.25) is 0 Å². The van der Waals surface area contributed by atoms with Crippen LogP contribution in [-0.2, 0) is 16.0 Å². The molecule has 0 radical (unpaired) electrons. The lowest BCUT2D eigenvalue weighted by Gasteiger charge is -2.24. The van der Waals surface area contributed by atoms with Gasteiger partial charge >= 0.3 is 5.97 Å². The van der Waals surface area contributed by atoms with Crippen LogP contribution in [0, 0.1) is 5.92 Å². The van der Waals surface area contributed by atoms with Crippen LogP contribution in [-0.4, -0.2) is 63.5 Å². The van der Waals surface area contributed by atoms with Crippen LogP contribution < -0.4 is 10.1 Å². The number of carbonyl (C=O) groups excluding carboxylic acids is 2. The molecule has 0 spiro atoms. The molecule has 2 aromatic carbocycles. The first-order chi connectivity index (χ1) is 23.7. The SMILES string of the molecule is CCCCCCCOc1ccc(-c2cnc(-c3ccc(C[C@H](NC(=O)c4ccc(C(C)C)s4)C(=O)N4CC[C@H](C(=O)O)C4)cc3)nc2)cc1. The van der Waals surface area contributed by atoms with Gasteiger partial charge in [0.1, 0.15) is 11.8 Å². The van der Waals surface area contributed by atoms with E-state index in [0.29, 0.717) is 29.6 Å². The van der Waals surface area contributed by atoms with E-state index >= 15 is 0 Å². The van der Waals surface area contributed by atoms with Gasteiger partial charge in [-0.1, -0.05) is 82.9 Å². The van der Waals surface area contributed by atoms with Gasteiger partial charge in [-0.15, -0.1) is 11.3 Å². The maximum absolute atomic E-state index is 13.6. The van der Waals surface area contributed by atoms with Gasteiger partial charge in [0.25, 0.3) is 5.91 Å². The van der Waals surface area contributed by atoms with Crippen molar-refractivity contribution < 1.29 is 24.2 Å². The normalized spacial score (nSPS) is 14.9. The number of aliphatic carboxylic acids is 1. The van der Waals surface area contributed by atoms with E-state index in [1.807, 2.05) is 54.6 Å². The summed E-state index contributed by atoms with van der Waals surface area (Å²) in [6.07, 6.45) is 10.3. The lowest BCUT2D eigenvalue weighted by Crippen LogP contribution is -2.49. The van der Waals surface area contributed by atoms with E-state index in [0.717, 1.165) is 45.9 Å². The van der Waals surface area contributed by atoms with Crippen LogP contribution in [0.3, 0.4) is 0 Å². The highest BCUT2D eigenvalue weighted by atomic mass is 32.1. The number of amides is 2. The molecule has 9 nitrogen and oxygen atoms in total. The number of rotatable bonds is 16. The first kappa shape index (κ1) is 35.7. The van der Waals surface area contributed by atoms with Gasteiger partial charge in [-0.2, -0.15) is 0 Å². The smallest absolute Gasteiger partial charge is 0.308 e. The monoisotopic (exact) mass is 682 g/mol. The molecule has 5 rings (SSSR count). The third-order valence-corrected chi connectivity index (χ3v) is 10.3. The number of aromatic nitrogens is 2. The molecule has 1 fully saturated rings. The number of carboxylic acid groups (broad SMARTS) is 1. The molecule has 0 unspecified atom stereocenters. The molecule has 1 aliphatic heterocycles. The fourth-order valence-corrected chi connectivity index (χ4v) is 6.80. The zero-order valence-corrected chi connectivity index (χ0v) is 29.4. The van der Waals surface area contributed by atoms with Gasteiger partial charge in [-0.05, 0) is 54.2 Å². The Hall–Kier alpha value is -4.57. The fourth-order valence-electron chi connectivity index (χ4n) is 5.89. The minimum absolute atomic E-state index is 0.139. The number of nitrogens with zero attached hydrogens (tertiary/aromatic N) is 3. The summed E-state index contributed by atoms with van der Waals surface area (Å²) in [5.41, 5.74) is 3.59. The highest BCUT2D eigenvalue weighted by Crippen LogP contribution is 2.26. The van der Waals surface area contributed by atoms with Crippen molar-refractivity contribution in [3.63, 3.8) is 0 Å². The second-order valence-corrected chi connectivity index (χ2v) is 14.1. The zero-order chi connectivity index (χ0) is 34.8. The number of unbranched alkanes of at least 4 members (excludes halogenated alkanes) is 4. The van der Waals surface area contributed by atoms with Gasteiger partial charge < -0.3 is 20.1 Å². The van der Waals surface area contributed by atoms with Crippen LogP contribution in [0.4, 0.5) is 0 Å². The molecule has 1 saturated heterocycles. The first-order valence-electron chi connectivity index (χ1n) is 17.3. The molecule has 2 atom stereocenters. The Labute approximate surface area is 292 Å². The molecular weight excluding hydrogens is 637 g/mol. The van der Waals surface area contributed by atoms with Crippen molar-refractivity contribution >= 4 is 29.1 Å². The summed E-state index contributed by atoms with van der Waals surface area (Å²) in [7, 11) is 0. The number of hydrogen-bond donors (Lipinski definition) is 2. The Balaban J connectivity index is 1.22. The van der Waals surface area contributed by atoms with E-state index in [1.54, 1.807) is 23.4 Å². The van der Waals surface area contributed by atoms with E-state index in [2.05, 4.69) is 36.1 Å². The van der Waals surface area contributed by atoms with Crippen molar-refractivity contribution in [2.24, 2.45) is 5.92 Å². The molecule has 49 heavy (non-hydrogen) atoms. The van der Waals surface area contributed by atoms with Crippen LogP contribution in [0.15, 0.2) is 73.1 Å². The minimum Gasteiger partial charge on any atom is -0.494 e. The Kier molecular flexibility index (Phi) is 12.5. The molecular formula is C39H46N4O5S.